The van der Waals surface area contributed by atoms with Crippen LogP contribution in [0.15, 0.2) is 42.7 Å². The van der Waals surface area contributed by atoms with Crippen LogP contribution < -0.4 is 15.4 Å². The molecule has 0 spiro atoms. The summed E-state index contributed by atoms with van der Waals surface area (Å²) < 4.78 is 5.27. The van der Waals surface area contributed by atoms with Crippen molar-refractivity contribution >= 4 is 23.5 Å². The van der Waals surface area contributed by atoms with E-state index >= 15 is 0 Å². The van der Waals surface area contributed by atoms with Crippen molar-refractivity contribution in [2.45, 2.75) is 19.3 Å². The largest absolute Gasteiger partial charge is 0.495 e. The van der Waals surface area contributed by atoms with E-state index in [9.17, 15) is 9.59 Å². The Labute approximate surface area is 164 Å². The maximum absolute atomic E-state index is 12.5. The van der Waals surface area contributed by atoms with Crippen molar-refractivity contribution in [3.8, 4) is 5.75 Å². The molecule has 2 heterocycles. The van der Waals surface area contributed by atoms with Gasteiger partial charge in [0.2, 0.25) is 17.8 Å². The molecule has 1 fully saturated rings. The van der Waals surface area contributed by atoms with Gasteiger partial charge in [-0.1, -0.05) is 12.1 Å². The summed E-state index contributed by atoms with van der Waals surface area (Å²) >= 11 is 0. The van der Waals surface area contributed by atoms with Crippen LogP contribution in [0.1, 0.15) is 19.3 Å². The molecule has 2 aromatic rings. The molecule has 8 nitrogen and oxygen atoms in total. The van der Waals surface area contributed by atoms with Crippen molar-refractivity contribution in [3.05, 3.63) is 42.7 Å². The highest BCUT2D eigenvalue weighted by atomic mass is 16.5. The van der Waals surface area contributed by atoms with E-state index in [1.807, 2.05) is 29.2 Å². The van der Waals surface area contributed by atoms with E-state index in [1.54, 1.807) is 25.6 Å². The van der Waals surface area contributed by atoms with Gasteiger partial charge in [0, 0.05) is 44.4 Å². The molecule has 3 rings (SSSR count). The van der Waals surface area contributed by atoms with Crippen molar-refractivity contribution in [1.29, 1.82) is 0 Å². The van der Waals surface area contributed by atoms with Crippen LogP contribution in [-0.2, 0) is 9.59 Å². The number of ether oxygens (including phenoxy) is 1. The zero-order chi connectivity index (χ0) is 19.8. The second-order valence-corrected chi connectivity index (χ2v) is 6.59. The fraction of sp³-hybridized carbons (Fsp3) is 0.400. The quantitative estimate of drug-likeness (QED) is 0.761. The van der Waals surface area contributed by atoms with E-state index in [0.717, 1.165) is 0 Å². The number of rotatable bonds is 7. The fourth-order valence-electron chi connectivity index (χ4n) is 3.20. The number of benzene rings is 1. The minimum Gasteiger partial charge on any atom is -0.495 e. The van der Waals surface area contributed by atoms with Crippen LogP contribution in [0.3, 0.4) is 0 Å². The van der Waals surface area contributed by atoms with Crippen LogP contribution in [0.25, 0.3) is 0 Å². The third kappa shape index (κ3) is 5.18. The maximum Gasteiger partial charge on any atom is 0.227 e. The van der Waals surface area contributed by atoms with E-state index in [-0.39, 0.29) is 17.7 Å². The number of para-hydroxylation sites is 2. The number of nitrogens with one attached hydrogen (secondary N) is 2. The van der Waals surface area contributed by atoms with Gasteiger partial charge in [0.1, 0.15) is 5.75 Å². The lowest BCUT2D eigenvalue weighted by Crippen LogP contribution is -2.42. The maximum atomic E-state index is 12.5. The molecule has 28 heavy (non-hydrogen) atoms. The molecule has 0 aliphatic carbocycles. The van der Waals surface area contributed by atoms with E-state index in [0.29, 0.717) is 56.3 Å². The summed E-state index contributed by atoms with van der Waals surface area (Å²) in [5, 5.41) is 5.97. The number of piperidine rings is 1. The van der Waals surface area contributed by atoms with Gasteiger partial charge in [0.25, 0.3) is 0 Å². The molecule has 2 amide bonds. The van der Waals surface area contributed by atoms with Crippen molar-refractivity contribution in [3.63, 3.8) is 0 Å². The van der Waals surface area contributed by atoms with Crippen LogP contribution in [0, 0.1) is 5.92 Å². The number of hydrogen-bond donors (Lipinski definition) is 2. The van der Waals surface area contributed by atoms with Crippen LogP contribution in [0.5, 0.6) is 5.75 Å². The topological polar surface area (TPSA) is 96.5 Å². The van der Waals surface area contributed by atoms with Gasteiger partial charge in [0.05, 0.1) is 12.8 Å². The first-order chi connectivity index (χ1) is 13.7. The summed E-state index contributed by atoms with van der Waals surface area (Å²) in [7, 11) is 1.58. The zero-order valence-corrected chi connectivity index (χ0v) is 15.9. The van der Waals surface area contributed by atoms with E-state index in [1.165, 1.54) is 0 Å². The first-order valence-electron chi connectivity index (χ1n) is 9.40. The minimum absolute atomic E-state index is 0.0282. The van der Waals surface area contributed by atoms with Crippen LogP contribution in [-0.4, -0.2) is 53.4 Å². The number of likely N-dealkylation sites (tertiary alicyclic amines) is 1. The molecule has 1 aliphatic heterocycles. The second-order valence-electron chi connectivity index (χ2n) is 6.59. The Morgan fingerprint density at radius 2 is 1.86 bits per heavy atom. The Hall–Kier alpha value is -3.16. The number of carbonyl (C=O) groups is 2. The Kier molecular flexibility index (Phi) is 6.78. The lowest BCUT2D eigenvalue weighted by atomic mass is 9.95. The predicted octanol–water partition coefficient (Wildman–Crippen LogP) is 2.16. The second kappa shape index (κ2) is 9.68. The third-order valence-corrected chi connectivity index (χ3v) is 4.77. The predicted molar refractivity (Wildman–Crippen MR) is 106 cm³/mol. The van der Waals surface area contributed by atoms with Gasteiger partial charge in [0.15, 0.2) is 0 Å². The summed E-state index contributed by atoms with van der Waals surface area (Å²) in [6, 6.07) is 9.08. The number of aromatic nitrogens is 2. The van der Waals surface area contributed by atoms with Gasteiger partial charge >= 0.3 is 0 Å². The fourth-order valence-corrected chi connectivity index (χ4v) is 3.20. The Morgan fingerprint density at radius 1 is 1.14 bits per heavy atom. The molecule has 0 bridgehead atoms. The molecular formula is C20H25N5O3. The standard InChI is InChI=1S/C20H25N5O3/c1-28-17-6-3-2-5-16(17)24-19(27)15-8-13-25(14-9-15)18(26)7-12-23-20-21-10-4-11-22-20/h2-6,10-11,15H,7-9,12-14H2,1H3,(H,24,27)(H,21,22,23). The van der Waals surface area contributed by atoms with Gasteiger partial charge in [-0.25, -0.2) is 9.97 Å². The number of carbonyl (C=O) groups excluding carboxylic acids is 2. The molecule has 8 heteroatoms. The summed E-state index contributed by atoms with van der Waals surface area (Å²) in [6.07, 6.45) is 4.98. The molecule has 2 N–H and O–H groups in total. The number of methoxy groups -OCH3 is 1. The lowest BCUT2D eigenvalue weighted by molar-refractivity contribution is -0.134. The third-order valence-electron chi connectivity index (χ3n) is 4.77. The molecule has 1 aromatic carbocycles. The number of hydrogen-bond acceptors (Lipinski definition) is 6. The lowest BCUT2D eigenvalue weighted by Gasteiger charge is -2.31. The van der Waals surface area contributed by atoms with Crippen LogP contribution in [0.2, 0.25) is 0 Å². The number of anilines is 2. The van der Waals surface area contributed by atoms with Crippen molar-refractivity contribution in [2.24, 2.45) is 5.92 Å². The average molecular weight is 383 g/mol. The highest BCUT2D eigenvalue weighted by Crippen LogP contribution is 2.25. The normalized spacial score (nSPS) is 14.4. The molecule has 0 radical (unpaired) electrons. The van der Waals surface area contributed by atoms with E-state index < -0.39 is 0 Å². The van der Waals surface area contributed by atoms with Gasteiger partial charge in [-0.2, -0.15) is 0 Å². The first-order valence-corrected chi connectivity index (χ1v) is 9.40. The van der Waals surface area contributed by atoms with Crippen LogP contribution >= 0.6 is 0 Å². The van der Waals surface area contributed by atoms with Gasteiger partial charge < -0.3 is 20.3 Å². The summed E-state index contributed by atoms with van der Waals surface area (Å²) in [6.45, 7) is 1.66. The van der Waals surface area contributed by atoms with Crippen LogP contribution in [0.4, 0.5) is 11.6 Å². The average Bonchev–Trinajstić information content (AvgIpc) is 2.75. The molecule has 0 atom stereocenters. The number of amides is 2. The molecule has 1 aromatic heterocycles. The van der Waals surface area contributed by atoms with Gasteiger partial charge in [-0.15, -0.1) is 0 Å². The zero-order valence-electron chi connectivity index (χ0n) is 15.9. The molecule has 1 aliphatic rings. The monoisotopic (exact) mass is 383 g/mol. The van der Waals surface area contributed by atoms with Crippen molar-refractivity contribution in [2.75, 3.05) is 37.4 Å². The van der Waals surface area contributed by atoms with E-state index in [4.69, 9.17) is 4.74 Å². The van der Waals surface area contributed by atoms with E-state index in [2.05, 4.69) is 20.6 Å². The van der Waals surface area contributed by atoms with Gasteiger partial charge in [-0.05, 0) is 31.0 Å². The highest BCUT2D eigenvalue weighted by Gasteiger charge is 2.27. The highest BCUT2D eigenvalue weighted by molar-refractivity contribution is 5.94. The number of nitrogens with zero attached hydrogens (tertiary/aromatic N) is 3. The molecule has 0 saturated carbocycles. The minimum atomic E-state index is -0.107. The summed E-state index contributed by atoms with van der Waals surface area (Å²) in [5.74, 6) is 1.09. The first kappa shape index (κ1) is 19.6. The molecule has 1 saturated heterocycles. The Balaban J connectivity index is 1.42. The molecule has 0 unspecified atom stereocenters. The smallest absolute Gasteiger partial charge is 0.227 e. The van der Waals surface area contributed by atoms with Crippen molar-refractivity contribution in [1.82, 2.24) is 14.9 Å². The Morgan fingerprint density at radius 3 is 2.57 bits per heavy atom. The van der Waals surface area contributed by atoms with Gasteiger partial charge in [-0.3, -0.25) is 9.59 Å². The summed E-state index contributed by atoms with van der Waals surface area (Å²) in [4.78, 5) is 34.9. The van der Waals surface area contributed by atoms with Crippen molar-refractivity contribution < 1.29 is 14.3 Å². The Bertz CT molecular complexity index is 791. The SMILES string of the molecule is COc1ccccc1NC(=O)C1CCN(C(=O)CCNc2ncccn2)CC1. The summed E-state index contributed by atoms with van der Waals surface area (Å²) in [5.41, 5.74) is 0.669. The molecule has 148 valence electrons. The molecular weight excluding hydrogens is 358 g/mol.